The molecule has 0 unspecified atom stereocenters. The number of hydrogen-bond donors (Lipinski definition) is 1. The fourth-order valence-corrected chi connectivity index (χ4v) is 3.23. The third-order valence-corrected chi connectivity index (χ3v) is 4.90. The zero-order chi connectivity index (χ0) is 18.3. The van der Waals surface area contributed by atoms with Gasteiger partial charge < -0.3 is 5.11 Å². The average Bonchev–Trinajstić information content (AvgIpc) is 2.63. The van der Waals surface area contributed by atoms with Crippen molar-refractivity contribution in [2.45, 2.75) is 122 Å². The second-order valence-electron chi connectivity index (χ2n) is 7.46. The molecule has 0 aromatic carbocycles. The van der Waals surface area contributed by atoms with Gasteiger partial charge in [0, 0.05) is 6.61 Å². The highest BCUT2D eigenvalue weighted by atomic mass is 16.2. The molecule has 0 rings (SSSR count). The summed E-state index contributed by atoms with van der Waals surface area (Å²) in [5, 5.41) is 8.65. The maximum absolute atomic E-state index is 8.65. The van der Waals surface area contributed by atoms with Crippen LogP contribution < -0.4 is 0 Å². The van der Waals surface area contributed by atoms with Crippen molar-refractivity contribution in [1.82, 2.24) is 0 Å². The standard InChI is InChI=1S/C24H46O/c1-2-3-4-5-6-7-8-9-10-11-12-13-14-15-16-17-18-19-20-21-22-23-24-25/h19-22,25H,2-18,23-24H2,1H3. The minimum atomic E-state index is 0.253. The SMILES string of the molecule is CCCCCCCCCCCCCCCCCCC=CC=CCCO. The van der Waals surface area contributed by atoms with Crippen LogP contribution in [0.1, 0.15) is 122 Å². The van der Waals surface area contributed by atoms with E-state index in [1.165, 1.54) is 109 Å². The van der Waals surface area contributed by atoms with Crippen LogP contribution in [0.15, 0.2) is 24.3 Å². The van der Waals surface area contributed by atoms with Crippen molar-refractivity contribution in [3.63, 3.8) is 0 Å². The Morgan fingerprint density at radius 3 is 1.24 bits per heavy atom. The van der Waals surface area contributed by atoms with E-state index in [2.05, 4.69) is 19.1 Å². The van der Waals surface area contributed by atoms with Gasteiger partial charge >= 0.3 is 0 Å². The summed E-state index contributed by atoms with van der Waals surface area (Å²) >= 11 is 0. The highest BCUT2D eigenvalue weighted by Gasteiger charge is 1.94. The maximum Gasteiger partial charge on any atom is 0.0465 e. The molecule has 0 aromatic heterocycles. The van der Waals surface area contributed by atoms with E-state index in [9.17, 15) is 0 Å². The fraction of sp³-hybridized carbons (Fsp3) is 0.833. The lowest BCUT2D eigenvalue weighted by Gasteiger charge is -2.03. The summed E-state index contributed by atoms with van der Waals surface area (Å²) < 4.78 is 0. The molecule has 1 heteroatoms. The van der Waals surface area contributed by atoms with E-state index in [0.29, 0.717) is 0 Å². The third-order valence-electron chi connectivity index (χ3n) is 4.90. The third kappa shape index (κ3) is 23.4. The quantitative estimate of drug-likeness (QED) is 0.173. The molecule has 0 saturated heterocycles. The molecule has 0 aliphatic heterocycles. The predicted octanol–water partition coefficient (Wildman–Crippen LogP) is 8.13. The zero-order valence-electron chi connectivity index (χ0n) is 17.2. The Bertz CT molecular complexity index is 280. The van der Waals surface area contributed by atoms with Gasteiger partial charge in [-0.1, -0.05) is 128 Å². The van der Waals surface area contributed by atoms with E-state index in [4.69, 9.17) is 5.11 Å². The van der Waals surface area contributed by atoms with Gasteiger partial charge in [-0.3, -0.25) is 0 Å². The Morgan fingerprint density at radius 2 is 0.840 bits per heavy atom. The number of hydrogen-bond acceptors (Lipinski definition) is 1. The number of rotatable bonds is 20. The minimum Gasteiger partial charge on any atom is -0.396 e. The molecule has 0 aromatic rings. The van der Waals surface area contributed by atoms with Crippen LogP contribution in [0, 0.1) is 0 Å². The largest absolute Gasteiger partial charge is 0.396 e. The molecule has 0 heterocycles. The van der Waals surface area contributed by atoms with E-state index in [1.807, 2.05) is 12.2 Å². The predicted molar refractivity (Wildman–Crippen MR) is 114 cm³/mol. The van der Waals surface area contributed by atoms with Crippen molar-refractivity contribution in [2.75, 3.05) is 6.61 Å². The van der Waals surface area contributed by atoms with Gasteiger partial charge in [-0.05, 0) is 19.3 Å². The Kier molecular flexibility index (Phi) is 22.9. The molecule has 0 saturated carbocycles. The summed E-state index contributed by atoms with van der Waals surface area (Å²) in [6.45, 7) is 2.54. The molecule has 0 radical (unpaired) electrons. The molecular formula is C24H46O. The number of allylic oxidation sites excluding steroid dienone is 3. The summed E-state index contributed by atoms with van der Waals surface area (Å²) in [5.41, 5.74) is 0. The molecular weight excluding hydrogens is 304 g/mol. The van der Waals surface area contributed by atoms with E-state index >= 15 is 0 Å². The molecule has 25 heavy (non-hydrogen) atoms. The molecule has 0 bridgehead atoms. The van der Waals surface area contributed by atoms with Crippen molar-refractivity contribution >= 4 is 0 Å². The number of aliphatic hydroxyl groups excluding tert-OH is 1. The first kappa shape index (κ1) is 24.4. The van der Waals surface area contributed by atoms with E-state index < -0.39 is 0 Å². The van der Waals surface area contributed by atoms with Crippen LogP contribution in [0.5, 0.6) is 0 Å². The van der Waals surface area contributed by atoms with Gasteiger partial charge in [0.25, 0.3) is 0 Å². The van der Waals surface area contributed by atoms with Gasteiger partial charge in [0.05, 0.1) is 0 Å². The average molecular weight is 351 g/mol. The molecule has 0 aliphatic rings. The first-order chi connectivity index (χ1) is 12.4. The summed E-state index contributed by atoms with van der Waals surface area (Å²) in [4.78, 5) is 0. The topological polar surface area (TPSA) is 20.2 Å². The minimum absolute atomic E-state index is 0.253. The van der Waals surface area contributed by atoms with E-state index in [0.717, 1.165) is 6.42 Å². The normalized spacial score (nSPS) is 11.9. The van der Waals surface area contributed by atoms with Crippen LogP contribution >= 0.6 is 0 Å². The van der Waals surface area contributed by atoms with Gasteiger partial charge in [0.1, 0.15) is 0 Å². The first-order valence-electron chi connectivity index (χ1n) is 11.3. The molecule has 1 nitrogen and oxygen atoms in total. The van der Waals surface area contributed by atoms with Gasteiger partial charge in [-0.25, -0.2) is 0 Å². The number of unbranched alkanes of at least 4 members (excludes halogenated alkanes) is 16. The summed E-state index contributed by atoms with van der Waals surface area (Å²) in [6.07, 6.45) is 33.3. The van der Waals surface area contributed by atoms with Crippen LogP contribution in [0.4, 0.5) is 0 Å². The fourth-order valence-electron chi connectivity index (χ4n) is 3.23. The lowest BCUT2D eigenvalue weighted by Crippen LogP contribution is -1.83. The summed E-state index contributed by atoms with van der Waals surface area (Å²) in [5.74, 6) is 0. The van der Waals surface area contributed by atoms with Gasteiger partial charge in [-0.15, -0.1) is 0 Å². The lowest BCUT2D eigenvalue weighted by molar-refractivity contribution is 0.302. The molecule has 0 aliphatic carbocycles. The van der Waals surface area contributed by atoms with Crippen LogP contribution in [-0.2, 0) is 0 Å². The Hall–Kier alpha value is -0.560. The second kappa shape index (κ2) is 23.4. The van der Waals surface area contributed by atoms with Gasteiger partial charge in [-0.2, -0.15) is 0 Å². The smallest absolute Gasteiger partial charge is 0.0465 e. The summed E-state index contributed by atoms with van der Waals surface area (Å²) in [6, 6.07) is 0. The van der Waals surface area contributed by atoms with E-state index in [-0.39, 0.29) is 6.61 Å². The lowest BCUT2D eigenvalue weighted by atomic mass is 10.0. The second-order valence-corrected chi connectivity index (χ2v) is 7.46. The Labute approximate surface area is 159 Å². The first-order valence-corrected chi connectivity index (χ1v) is 11.3. The van der Waals surface area contributed by atoms with Crippen LogP contribution in [0.25, 0.3) is 0 Å². The van der Waals surface area contributed by atoms with Crippen molar-refractivity contribution in [2.24, 2.45) is 0 Å². The summed E-state index contributed by atoms with van der Waals surface area (Å²) in [7, 11) is 0. The zero-order valence-corrected chi connectivity index (χ0v) is 17.2. The van der Waals surface area contributed by atoms with Crippen molar-refractivity contribution in [3.05, 3.63) is 24.3 Å². The van der Waals surface area contributed by atoms with Gasteiger partial charge in [0.15, 0.2) is 0 Å². The monoisotopic (exact) mass is 350 g/mol. The highest BCUT2D eigenvalue weighted by molar-refractivity contribution is 5.02. The Balaban J connectivity index is 3.05. The highest BCUT2D eigenvalue weighted by Crippen LogP contribution is 2.14. The van der Waals surface area contributed by atoms with Crippen LogP contribution in [-0.4, -0.2) is 11.7 Å². The van der Waals surface area contributed by atoms with Crippen molar-refractivity contribution < 1.29 is 5.11 Å². The molecule has 148 valence electrons. The molecule has 0 fully saturated rings. The maximum atomic E-state index is 8.65. The van der Waals surface area contributed by atoms with Crippen molar-refractivity contribution in [1.29, 1.82) is 0 Å². The number of aliphatic hydroxyl groups is 1. The molecule has 1 N–H and O–H groups in total. The molecule has 0 atom stereocenters. The Morgan fingerprint density at radius 1 is 0.480 bits per heavy atom. The van der Waals surface area contributed by atoms with Crippen molar-refractivity contribution in [3.8, 4) is 0 Å². The van der Waals surface area contributed by atoms with Crippen LogP contribution in [0.3, 0.4) is 0 Å². The van der Waals surface area contributed by atoms with Crippen LogP contribution in [0.2, 0.25) is 0 Å². The molecule has 0 amide bonds. The van der Waals surface area contributed by atoms with E-state index in [1.54, 1.807) is 0 Å². The van der Waals surface area contributed by atoms with Gasteiger partial charge in [0.2, 0.25) is 0 Å². The molecule has 0 spiro atoms.